The fourth-order valence-corrected chi connectivity index (χ4v) is 2.83. The van der Waals surface area contributed by atoms with Crippen LogP contribution in [-0.4, -0.2) is 37.6 Å². The molecule has 0 aliphatic heterocycles. The van der Waals surface area contributed by atoms with Crippen molar-refractivity contribution < 1.29 is 9.53 Å². The molecule has 4 nitrogen and oxygen atoms in total. The van der Waals surface area contributed by atoms with Crippen molar-refractivity contribution in [2.75, 3.05) is 32.1 Å². The topological polar surface area (TPSA) is 41.6 Å². The van der Waals surface area contributed by atoms with Crippen LogP contribution in [0.4, 0.5) is 5.69 Å². The van der Waals surface area contributed by atoms with Crippen molar-refractivity contribution >= 4 is 11.6 Å². The minimum absolute atomic E-state index is 0.00658. The number of rotatable bonds is 7. The number of carbonyl (C=O) groups is 1. The summed E-state index contributed by atoms with van der Waals surface area (Å²) in [5.41, 5.74) is 5.52. The molecule has 0 aliphatic rings. The monoisotopic (exact) mass is 340 g/mol. The Bertz CT molecular complexity index is 700. The average molecular weight is 340 g/mol. The number of nitrogens with zero attached hydrogens (tertiary/aromatic N) is 1. The zero-order valence-electron chi connectivity index (χ0n) is 15.8. The minimum atomic E-state index is -0.00658. The maximum atomic E-state index is 12.3. The van der Waals surface area contributed by atoms with E-state index in [0.717, 1.165) is 22.6 Å². The van der Waals surface area contributed by atoms with Crippen molar-refractivity contribution in [3.8, 4) is 5.75 Å². The van der Waals surface area contributed by atoms with Gasteiger partial charge in [0.25, 0.3) is 0 Å². The molecular weight excluding hydrogens is 312 g/mol. The standard InChI is InChI=1S/C21H28N2O2/c1-15-6-8-19(9-7-15)25-11-10-23(5)14-20(24)22-21-17(3)12-16(2)13-18(21)4/h6-9,12-13H,10-11,14H2,1-5H3,(H,22,24). The number of amides is 1. The van der Waals surface area contributed by atoms with Gasteiger partial charge in [0, 0.05) is 12.2 Å². The highest BCUT2D eigenvalue weighted by Gasteiger charge is 2.10. The molecule has 1 N–H and O–H groups in total. The first-order valence-corrected chi connectivity index (χ1v) is 8.61. The molecule has 2 rings (SSSR count). The lowest BCUT2D eigenvalue weighted by Crippen LogP contribution is -2.33. The van der Waals surface area contributed by atoms with Gasteiger partial charge in [-0.2, -0.15) is 0 Å². The van der Waals surface area contributed by atoms with E-state index in [4.69, 9.17) is 4.74 Å². The van der Waals surface area contributed by atoms with E-state index in [2.05, 4.69) is 24.4 Å². The molecule has 0 fully saturated rings. The quantitative estimate of drug-likeness (QED) is 0.832. The normalized spacial score (nSPS) is 10.8. The van der Waals surface area contributed by atoms with Gasteiger partial charge >= 0.3 is 0 Å². The van der Waals surface area contributed by atoms with Crippen molar-refractivity contribution in [1.82, 2.24) is 4.90 Å². The summed E-state index contributed by atoms with van der Waals surface area (Å²) in [7, 11) is 1.92. The molecule has 25 heavy (non-hydrogen) atoms. The van der Waals surface area contributed by atoms with Crippen LogP contribution >= 0.6 is 0 Å². The number of hydrogen-bond donors (Lipinski definition) is 1. The molecule has 0 heterocycles. The molecule has 0 aromatic heterocycles. The first-order chi connectivity index (χ1) is 11.8. The molecule has 0 atom stereocenters. The third kappa shape index (κ3) is 5.91. The highest BCUT2D eigenvalue weighted by atomic mass is 16.5. The van der Waals surface area contributed by atoms with E-state index in [9.17, 15) is 4.79 Å². The van der Waals surface area contributed by atoms with E-state index in [1.165, 1.54) is 11.1 Å². The molecule has 2 aromatic carbocycles. The van der Waals surface area contributed by atoms with Crippen LogP contribution < -0.4 is 10.1 Å². The van der Waals surface area contributed by atoms with Gasteiger partial charge in [0.2, 0.25) is 5.91 Å². The molecule has 0 aliphatic carbocycles. The largest absolute Gasteiger partial charge is 0.492 e. The van der Waals surface area contributed by atoms with Gasteiger partial charge in [-0.1, -0.05) is 35.4 Å². The lowest BCUT2D eigenvalue weighted by molar-refractivity contribution is -0.117. The lowest BCUT2D eigenvalue weighted by Gasteiger charge is -2.18. The molecule has 134 valence electrons. The van der Waals surface area contributed by atoms with E-state index in [1.807, 2.05) is 57.0 Å². The van der Waals surface area contributed by atoms with Crippen LogP contribution in [0.25, 0.3) is 0 Å². The number of ether oxygens (including phenoxy) is 1. The van der Waals surface area contributed by atoms with E-state index in [-0.39, 0.29) is 5.91 Å². The third-order valence-electron chi connectivity index (χ3n) is 4.12. The fraction of sp³-hybridized carbons (Fsp3) is 0.381. The maximum absolute atomic E-state index is 12.3. The Labute approximate surface area is 150 Å². The van der Waals surface area contributed by atoms with Gasteiger partial charge in [0.15, 0.2) is 0 Å². The molecule has 0 saturated carbocycles. The van der Waals surface area contributed by atoms with Crippen molar-refractivity contribution in [2.24, 2.45) is 0 Å². The first-order valence-electron chi connectivity index (χ1n) is 8.61. The second kappa shape index (κ2) is 8.67. The summed E-state index contributed by atoms with van der Waals surface area (Å²) in [4.78, 5) is 14.2. The number of hydrogen-bond acceptors (Lipinski definition) is 3. The van der Waals surface area contributed by atoms with Gasteiger partial charge in [0.1, 0.15) is 12.4 Å². The molecule has 0 radical (unpaired) electrons. The Morgan fingerprint density at radius 2 is 1.60 bits per heavy atom. The number of benzene rings is 2. The van der Waals surface area contributed by atoms with Crippen LogP contribution in [0.3, 0.4) is 0 Å². The highest BCUT2D eigenvalue weighted by molar-refractivity contribution is 5.93. The Hall–Kier alpha value is -2.33. The molecular formula is C21H28N2O2. The fourth-order valence-electron chi connectivity index (χ4n) is 2.83. The Morgan fingerprint density at radius 1 is 1.00 bits per heavy atom. The van der Waals surface area contributed by atoms with Crippen LogP contribution in [0.15, 0.2) is 36.4 Å². The Kier molecular flexibility index (Phi) is 6.59. The van der Waals surface area contributed by atoms with Crippen LogP contribution in [-0.2, 0) is 4.79 Å². The van der Waals surface area contributed by atoms with Crippen LogP contribution in [0.1, 0.15) is 22.3 Å². The van der Waals surface area contributed by atoms with Crippen molar-refractivity contribution in [3.63, 3.8) is 0 Å². The highest BCUT2D eigenvalue weighted by Crippen LogP contribution is 2.21. The second-order valence-electron chi connectivity index (χ2n) is 6.72. The molecule has 2 aromatic rings. The molecule has 0 unspecified atom stereocenters. The summed E-state index contributed by atoms with van der Waals surface area (Å²) in [5, 5.41) is 3.03. The predicted octanol–water partition coefficient (Wildman–Crippen LogP) is 3.87. The van der Waals surface area contributed by atoms with E-state index >= 15 is 0 Å². The van der Waals surface area contributed by atoms with Crippen molar-refractivity contribution in [1.29, 1.82) is 0 Å². The molecule has 4 heteroatoms. The van der Waals surface area contributed by atoms with E-state index in [0.29, 0.717) is 19.7 Å². The molecule has 0 spiro atoms. The predicted molar refractivity (Wildman–Crippen MR) is 103 cm³/mol. The van der Waals surface area contributed by atoms with E-state index < -0.39 is 0 Å². The maximum Gasteiger partial charge on any atom is 0.238 e. The first kappa shape index (κ1) is 19.0. The van der Waals surface area contributed by atoms with Gasteiger partial charge in [-0.25, -0.2) is 0 Å². The van der Waals surface area contributed by atoms with Crippen LogP contribution in [0.2, 0.25) is 0 Å². The average Bonchev–Trinajstić information content (AvgIpc) is 2.52. The second-order valence-corrected chi connectivity index (χ2v) is 6.72. The lowest BCUT2D eigenvalue weighted by atomic mass is 10.1. The van der Waals surface area contributed by atoms with Gasteiger partial charge in [-0.05, 0) is 58.0 Å². The number of likely N-dealkylation sites (N-methyl/N-ethyl adjacent to an activating group) is 1. The molecule has 0 saturated heterocycles. The van der Waals surface area contributed by atoms with Crippen molar-refractivity contribution in [3.05, 3.63) is 58.7 Å². The summed E-state index contributed by atoms with van der Waals surface area (Å²) in [6.07, 6.45) is 0. The number of nitrogens with one attached hydrogen (secondary N) is 1. The van der Waals surface area contributed by atoms with Crippen molar-refractivity contribution in [2.45, 2.75) is 27.7 Å². The zero-order valence-corrected chi connectivity index (χ0v) is 15.8. The molecule has 0 bridgehead atoms. The van der Waals surface area contributed by atoms with Gasteiger partial charge in [0.05, 0.1) is 6.54 Å². The zero-order chi connectivity index (χ0) is 18.4. The summed E-state index contributed by atoms with van der Waals surface area (Å²) in [6.45, 7) is 9.73. The Balaban J connectivity index is 1.79. The van der Waals surface area contributed by atoms with Gasteiger partial charge < -0.3 is 10.1 Å². The number of carbonyl (C=O) groups excluding carboxylic acids is 1. The van der Waals surface area contributed by atoms with Crippen LogP contribution in [0.5, 0.6) is 5.75 Å². The summed E-state index contributed by atoms with van der Waals surface area (Å²) < 4.78 is 5.71. The smallest absolute Gasteiger partial charge is 0.238 e. The SMILES string of the molecule is Cc1ccc(OCCN(C)CC(=O)Nc2c(C)cc(C)cc2C)cc1. The third-order valence-corrected chi connectivity index (χ3v) is 4.12. The van der Waals surface area contributed by atoms with Gasteiger partial charge in [-0.15, -0.1) is 0 Å². The van der Waals surface area contributed by atoms with Gasteiger partial charge in [-0.3, -0.25) is 9.69 Å². The van der Waals surface area contributed by atoms with E-state index in [1.54, 1.807) is 0 Å². The summed E-state index contributed by atoms with van der Waals surface area (Å²) in [6, 6.07) is 12.1. The number of aryl methyl sites for hydroxylation is 4. The summed E-state index contributed by atoms with van der Waals surface area (Å²) >= 11 is 0. The summed E-state index contributed by atoms with van der Waals surface area (Å²) in [5.74, 6) is 0.849. The van der Waals surface area contributed by atoms with Crippen LogP contribution in [0, 0.1) is 27.7 Å². The Morgan fingerprint density at radius 3 is 2.20 bits per heavy atom. The minimum Gasteiger partial charge on any atom is -0.492 e. The molecule has 1 amide bonds. The number of anilines is 1.